The van der Waals surface area contributed by atoms with Crippen LogP contribution < -0.4 is 10.6 Å². The molecular weight excluding hydrogens is 612 g/mol. The van der Waals surface area contributed by atoms with Crippen molar-refractivity contribution in [1.29, 1.82) is 0 Å². The van der Waals surface area contributed by atoms with Crippen LogP contribution in [0.4, 0.5) is 4.79 Å². The molecule has 2 amide bonds. The first kappa shape index (κ1) is 34.6. The van der Waals surface area contributed by atoms with Crippen LogP contribution in [0.2, 0.25) is 0 Å². The van der Waals surface area contributed by atoms with Crippen molar-refractivity contribution in [2.24, 2.45) is 0 Å². The molecule has 1 atom stereocenters. The Balaban J connectivity index is 1.33. The topological polar surface area (TPSA) is 93.7 Å². The number of nitrogens with one attached hydrogen (secondary N) is 2. The maximum Gasteiger partial charge on any atom is 0.408 e. The van der Waals surface area contributed by atoms with Crippen LogP contribution in [0.5, 0.6) is 0 Å². The maximum absolute atomic E-state index is 13.9. The van der Waals surface area contributed by atoms with Gasteiger partial charge in [-0.2, -0.15) is 0 Å². The predicted molar refractivity (Wildman–Crippen MR) is 193 cm³/mol. The lowest BCUT2D eigenvalue weighted by molar-refractivity contribution is -0.139. The van der Waals surface area contributed by atoms with Gasteiger partial charge in [-0.15, -0.1) is 0 Å². The molecule has 5 aromatic carbocycles. The van der Waals surface area contributed by atoms with Crippen LogP contribution in [0, 0.1) is 0 Å². The molecule has 0 bridgehead atoms. The quantitative estimate of drug-likeness (QED) is 0.0804. The second-order valence-electron chi connectivity index (χ2n) is 12.8. The summed E-state index contributed by atoms with van der Waals surface area (Å²) in [5.41, 5.74) is 1.86. The minimum Gasteiger partial charge on any atom is -0.458 e. The molecule has 0 aliphatic heterocycles. The molecule has 0 aliphatic carbocycles. The molecule has 0 spiro atoms. The van der Waals surface area contributed by atoms with Crippen LogP contribution in [0.15, 0.2) is 146 Å². The van der Waals surface area contributed by atoms with E-state index in [-0.39, 0.29) is 25.4 Å². The number of carbonyl (C=O) groups excluding carboxylic acids is 3. The number of hydrogen-bond donors (Lipinski definition) is 2. The molecule has 0 saturated heterocycles. The number of fused-ring (bicyclic) bond motifs is 1. The van der Waals surface area contributed by atoms with E-state index >= 15 is 0 Å². The molecule has 0 saturated carbocycles. The van der Waals surface area contributed by atoms with Crippen LogP contribution >= 0.6 is 0 Å². The average Bonchev–Trinajstić information content (AvgIpc) is 3.11. The van der Waals surface area contributed by atoms with Crippen LogP contribution in [0.3, 0.4) is 0 Å². The molecule has 7 nitrogen and oxygen atoms in total. The highest BCUT2D eigenvalue weighted by Gasteiger charge is 2.37. The van der Waals surface area contributed by atoms with Gasteiger partial charge in [0, 0.05) is 12.5 Å². The predicted octanol–water partition coefficient (Wildman–Crippen LogP) is 8.22. The smallest absolute Gasteiger partial charge is 0.408 e. The van der Waals surface area contributed by atoms with Gasteiger partial charge in [-0.1, -0.05) is 133 Å². The molecule has 0 heterocycles. The van der Waals surface area contributed by atoms with E-state index < -0.39 is 29.2 Å². The Morgan fingerprint density at radius 2 is 1.22 bits per heavy atom. The summed E-state index contributed by atoms with van der Waals surface area (Å²) in [5, 5.41) is 8.30. The van der Waals surface area contributed by atoms with Gasteiger partial charge in [0.25, 0.3) is 0 Å². The second-order valence-corrected chi connectivity index (χ2v) is 12.8. The van der Waals surface area contributed by atoms with Crippen molar-refractivity contribution >= 4 is 28.7 Å². The Bertz CT molecular complexity index is 1790. The molecule has 0 radical (unpaired) electrons. The first-order valence-electron chi connectivity index (χ1n) is 16.4. The third-order valence-electron chi connectivity index (χ3n) is 7.99. The van der Waals surface area contributed by atoms with Gasteiger partial charge in [0.15, 0.2) is 0 Å². The number of amides is 2. The Morgan fingerprint density at radius 1 is 0.694 bits per heavy atom. The largest absolute Gasteiger partial charge is 0.458 e. The van der Waals surface area contributed by atoms with Gasteiger partial charge < -0.3 is 20.1 Å². The highest BCUT2D eigenvalue weighted by Crippen LogP contribution is 2.37. The first-order chi connectivity index (χ1) is 23.6. The van der Waals surface area contributed by atoms with Crippen molar-refractivity contribution in [1.82, 2.24) is 10.6 Å². The highest BCUT2D eigenvalue weighted by atomic mass is 16.6. The highest BCUT2D eigenvalue weighted by molar-refractivity contribution is 5.84. The van der Waals surface area contributed by atoms with Gasteiger partial charge in [-0.05, 0) is 66.3 Å². The fourth-order valence-corrected chi connectivity index (χ4v) is 5.74. The van der Waals surface area contributed by atoms with E-state index in [0.717, 1.165) is 33.0 Å². The van der Waals surface area contributed by atoms with E-state index in [4.69, 9.17) is 9.47 Å². The number of rotatable bonds is 12. The summed E-state index contributed by atoms with van der Waals surface area (Å²) in [7, 11) is 0. The molecule has 250 valence electrons. The molecule has 2 N–H and O–H groups in total. The number of carbonyl (C=O) groups is 3. The number of ether oxygens (including phenoxy) is 2. The number of alkyl carbamates (subject to hydrolysis) is 1. The van der Waals surface area contributed by atoms with Gasteiger partial charge in [-0.3, -0.25) is 4.79 Å². The third kappa shape index (κ3) is 9.45. The Kier molecular flexibility index (Phi) is 11.3. The minimum atomic E-state index is -0.975. The lowest BCUT2D eigenvalue weighted by Gasteiger charge is -2.37. The van der Waals surface area contributed by atoms with Gasteiger partial charge in [-0.25, -0.2) is 9.59 Å². The first-order valence-corrected chi connectivity index (χ1v) is 16.4. The van der Waals surface area contributed by atoms with E-state index in [1.54, 1.807) is 26.8 Å². The van der Waals surface area contributed by atoms with Crippen molar-refractivity contribution in [2.75, 3.05) is 0 Å². The van der Waals surface area contributed by atoms with Crippen LogP contribution in [0.1, 0.15) is 55.9 Å². The Labute approximate surface area is 288 Å². The lowest BCUT2D eigenvalue weighted by atomic mass is 9.77. The fraction of sp³-hybridized carbons (Fsp3) is 0.214. The standard InChI is InChI=1S/C42H42N2O5/c1-41(2,3)49-40(47)43-37(26-28-39(46)48-30-31-23-24-32-15-13-14-16-33(32)29-31)25-27-38(45)44-42(34-17-7-4-8-18-34,35-19-9-5-10-20-35)36-21-11-6-12-22-36/h4-24,26,28-29,37H,25,27,30H2,1-3H3,(H,43,47)(H,44,45)/b28-26+/t37-/m0/s1. The molecule has 0 aromatic heterocycles. The van der Waals surface area contributed by atoms with E-state index in [2.05, 4.69) is 10.6 Å². The van der Waals surface area contributed by atoms with Crippen LogP contribution in [-0.4, -0.2) is 29.6 Å². The Morgan fingerprint density at radius 3 is 1.78 bits per heavy atom. The molecule has 49 heavy (non-hydrogen) atoms. The number of esters is 1. The monoisotopic (exact) mass is 654 g/mol. The van der Waals surface area contributed by atoms with E-state index in [1.807, 2.05) is 133 Å². The molecule has 5 rings (SSSR count). The molecule has 5 aromatic rings. The zero-order valence-corrected chi connectivity index (χ0v) is 28.1. The van der Waals surface area contributed by atoms with Gasteiger partial charge in [0.05, 0.1) is 6.04 Å². The van der Waals surface area contributed by atoms with E-state index in [0.29, 0.717) is 0 Å². The van der Waals surface area contributed by atoms with Gasteiger partial charge in [0.1, 0.15) is 17.7 Å². The fourth-order valence-electron chi connectivity index (χ4n) is 5.74. The minimum absolute atomic E-state index is 0.0468. The van der Waals surface area contributed by atoms with Crippen molar-refractivity contribution in [2.45, 2.75) is 57.4 Å². The number of benzene rings is 5. The summed E-state index contributed by atoms with van der Waals surface area (Å²) in [6, 6.07) is 42.7. The summed E-state index contributed by atoms with van der Waals surface area (Å²) in [6.45, 7) is 5.41. The Hall–Kier alpha value is -5.69. The normalized spacial score (nSPS) is 12.3. The van der Waals surface area contributed by atoms with Gasteiger partial charge in [0.2, 0.25) is 5.91 Å². The summed E-state index contributed by atoms with van der Waals surface area (Å²) in [6.07, 6.45) is 2.42. The van der Waals surface area contributed by atoms with Crippen molar-refractivity contribution in [3.05, 3.63) is 168 Å². The SMILES string of the molecule is CC(C)(C)OC(=O)N[C@H](/C=C/C(=O)OCc1ccc2ccccc2c1)CCC(=O)NC(c1ccccc1)(c1ccccc1)c1ccccc1. The molecule has 0 unspecified atom stereocenters. The van der Waals surface area contributed by atoms with E-state index in [9.17, 15) is 14.4 Å². The van der Waals surface area contributed by atoms with Crippen molar-refractivity contribution < 1.29 is 23.9 Å². The lowest BCUT2D eigenvalue weighted by Crippen LogP contribution is -2.48. The van der Waals surface area contributed by atoms with Crippen molar-refractivity contribution in [3.8, 4) is 0 Å². The van der Waals surface area contributed by atoms with Crippen LogP contribution in [-0.2, 0) is 31.2 Å². The maximum atomic E-state index is 13.9. The van der Waals surface area contributed by atoms with Crippen molar-refractivity contribution in [3.63, 3.8) is 0 Å². The molecule has 0 aliphatic rings. The molecular formula is C42H42N2O5. The molecule has 0 fully saturated rings. The summed E-state index contributed by atoms with van der Waals surface area (Å²) in [4.78, 5) is 39.5. The summed E-state index contributed by atoms with van der Waals surface area (Å²) in [5.74, 6) is -0.801. The van der Waals surface area contributed by atoms with E-state index in [1.165, 1.54) is 6.08 Å². The summed E-state index contributed by atoms with van der Waals surface area (Å²) >= 11 is 0. The average molecular weight is 655 g/mol. The van der Waals surface area contributed by atoms with Crippen LogP contribution in [0.25, 0.3) is 10.8 Å². The number of hydrogen-bond acceptors (Lipinski definition) is 5. The zero-order chi connectivity index (χ0) is 34.7. The molecule has 7 heteroatoms. The van der Waals surface area contributed by atoms with Gasteiger partial charge >= 0.3 is 12.1 Å². The summed E-state index contributed by atoms with van der Waals surface area (Å²) < 4.78 is 11.0. The zero-order valence-electron chi connectivity index (χ0n) is 28.1. The second kappa shape index (κ2) is 15.9. The third-order valence-corrected chi connectivity index (χ3v) is 7.99.